The van der Waals surface area contributed by atoms with E-state index < -0.39 is 11.6 Å². The summed E-state index contributed by atoms with van der Waals surface area (Å²) < 4.78 is 5.22. The highest BCUT2D eigenvalue weighted by Crippen LogP contribution is 2.25. The first-order valence-corrected chi connectivity index (χ1v) is 14.3. The molecule has 0 spiro atoms. The predicted molar refractivity (Wildman–Crippen MR) is 158 cm³/mol. The van der Waals surface area contributed by atoms with Crippen LogP contribution in [0.2, 0.25) is 10.0 Å². The summed E-state index contributed by atoms with van der Waals surface area (Å²) >= 11 is 13.9. The highest BCUT2D eigenvalue weighted by molar-refractivity contribution is 7.99. The molecule has 0 unspecified atom stereocenters. The van der Waals surface area contributed by atoms with Crippen LogP contribution in [0.25, 0.3) is 0 Å². The molecule has 0 aromatic heterocycles. The molecule has 0 saturated heterocycles. The molecule has 0 radical (unpaired) electrons. The summed E-state index contributed by atoms with van der Waals surface area (Å²) in [6.07, 6.45) is 0.388. The molecule has 1 N–H and O–H groups in total. The summed E-state index contributed by atoms with van der Waals surface area (Å²) in [4.78, 5) is 29.0. The van der Waals surface area contributed by atoms with Crippen molar-refractivity contribution < 1.29 is 14.3 Å². The number of hydrogen-bond acceptors (Lipinski definition) is 4. The van der Waals surface area contributed by atoms with Gasteiger partial charge in [0.1, 0.15) is 11.8 Å². The Hall–Kier alpha value is -2.67. The number of benzene rings is 3. The van der Waals surface area contributed by atoms with Crippen molar-refractivity contribution in [3.05, 3.63) is 99.5 Å². The number of thioether (sulfide) groups is 1. The van der Waals surface area contributed by atoms with Gasteiger partial charge < -0.3 is 15.0 Å². The van der Waals surface area contributed by atoms with Crippen LogP contribution in [0.4, 0.5) is 0 Å². The Kier molecular flexibility index (Phi) is 11.0. The van der Waals surface area contributed by atoms with Crippen LogP contribution in [0.3, 0.4) is 0 Å². The van der Waals surface area contributed by atoms with E-state index in [9.17, 15) is 9.59 Å². The van der Waals surface area contributed by atoms with E-state index in [0.29, 0.717) is 22.2 Å². The molecule has 3 aromatic carbocycles. The molecule has 0 fully saturated rings. The van der Waals surface area contributed by atoms with Gasteiger partial charge in [-0.2, -0.15) is 0 Å². The third kappa shape index (κ3) is 9.26. The third-order valence-electron chi connectivity index (χ3n) is 5.76. The molecular weight excluding hydrogens is 539 g/mol. The Labute approximate surface area is 239 Å². The molecule has 38 heavy (non-hydrogen) atoms. The summed E-state index contributed by atoms with van der Waals surface area (Å²) in [6, 6.07) is 22.1. The maximum atomic E-state index is 13.7. The number of rotatable bonds is 11. The van der Waals surface area contributed by atoms with Gasteiger partial charge in [0, 0.05) is 24.3 Å². The van der Waals surface area contributed by atoms with Gasteiger partial charge in [0.05, 0.1) is 22.9 Å². The summed E-state index contributed by atoms with van der Waals surface area (Å²) in [6.45, 7) is 6.02. The van der Waals surface area contributed by atoms with Crippen LogP contribution in [0, 0.1) is 0 Å². The smallest absolute Gasteiger partial charge is 0.243 e. The maximum absolute atomic E-state index is 13.7. The minimum atomic E-state index is -0.708. The van der Waals surface area contributed by atoms with Crippen LogP contribution in [0.5, 0.6) is 5.75 Å². The van der Waals surface area contributed by atoms with E-state index in [1.54, 1.807) is 24.1 Å². The highest BCUT2D eigenvalue weighted by atomic mass is 35.5. The fourth-order valence-electron chi connectivity index (χ4n) is 3.90. The van der Waals surface area contributed by atoms with Crippen LogP contribution >= 0.6 is 35.0 Å². The van der Waals surface area contributed by atoms with Crippen LogP contribution in [0.15, 0.2) is 72.8 Å². The van der Waals surface area contributed by atoms with Crippen molar-refractivity contribution in [3.8, 4) is 5.75 Å². The van der Waals surface area contributed by atoms with Crippen molar-refractivity contribution in [3.63, 3.8) is 0 Å². The first kappa shape index (κ1) is 29.9. The standard InChI is InChI=1S/C30H34Cl2N2O3S/c1-30(2,3)33-29(36)27(17-21-8-6-5-7-9-21)34(18-23-12-15-25(31)26(32)16-23)28(35)20-38-19-22-10-13-24(37-4)14-11-22/h5-16,27H,17-20H2,1-4H3,(H,33,36)/t27-/m0/s1. The van der Waals surface area contributed by atoms with Crippen molar-refractivity contribution in [2.45, 2.75) is 51.1 Å². The molecule has 2 amide bonds. The van der Waals surface area contributed by atoms with E-state index in [2.05, 4.69) is 5.32 Å². The van der Waals surface area contributed by atoms with E-state index in [-0.39, 0.29) is 24.1 Å². The Morgan fingerprint density at radius 1 is 0.921 bits per heavy atom. The molecular formula is C30H34Cl2N2O3S. The van der Waals surface area contributed by atoms with Crippen molar-refractivity contribution in [2.75, 3.05) is 12.9 Å². The fraction of sp³-hybridized carbons (Fsp3) is 0.333. The number of nitrogens with one attached hydrogen (secondary N) is 1. The third-order valence-corrected chi connectivity index (χ3v) is 7.49. The van der Waals surface area contributed by atoms with Crippen molar-refractivity contribution in [1.82, 2.24) is 10.2 Å². The van der Waals surface area contributed by atoms with Crippen molar-refractivity contribution in [2.24, 2.45) is 0 Å². The van der Waals surface area contributed by atoms with E-state index in [0.717, 1.165) is 22.4 Å². The molecule has 1 atom stereocenters. The number of halogens is 2. The number of carbonyl (C=O) groups excluding carboxylic acids is 2. The zero-order chi connectivity index (χ0) is 27.7. The van der Waals surface area contributed by atoms with Gasteiger partial charge in [-0.15, -0.1) is 11.8 Å². The number of ether oxygens (including phenoxy) is 1. The van der Waals surface area contributed by atoms with Crippen molar-refractivity contribution >= 4 is 46.8 Å². The average Bonchev–Trinajstić information content (AvgIpc) is 2.88. The maximum Gasteiger partial charge on any atom is 0.243 e. The average molecular weight is 574 g/mol. The zero-order valence-electron chi connectivity index (χ0n) is 22.2. The molecule has 202 valence electrons. The molecule has 3 aromatic rings. The monoisotopic (exact) mass is 572 g/mol. The van der Waals surface area contributed by atoms with Gasteiger partial charge in [0.2, 0.25) is 11.8 Å². The van der Waals surface area contributed by atoms with Gasteiger partial charge in [-0.3, -0.25) is 9.59 Å². The molecule has 8 heteroatoms. The second-order valence-corrected chi connectivity index (χ2v) is 11.9. The first-order chi connectivity index (χ1) is 18.1. The van der Waals surface area contributed by atoms with Gasteiger partial charge in [-0.1, -0.05) is 71.7 Å². The largest absolute Gasteiger partial charge is 0.497 e. The fourth-order valence-corrected chi connectivity index (χ4v) is 5.09. The van der Waals surface area contributed by atoms with Gasteiger partial charge in [-0.25, -0.2) is 0 Å². The van der Waals surface area contributed by atoms with E-state index in [1.165, 1.54) is 11.8 Å². The van der Waals surface area contributed by atoms with Gasteiger partial charge in [0.25, 0.3) is 0 Å². The van der Waals surface area contributed by atoms with E-state index in [1.807, 2.05) is 81.4 Å². The summed E-state index contributed by atoms with van der Waals surface area (Å²) in [5.74, 6) is 1.35. The minimum absolute atomic E-state index is 0.125. The molecule has 3 rings (SSSR count). The van der Waals surface area contributed by atoms with Gasteiger partial charge >= 0.3 is 0 Å². The Morgan fingerprint density at radius 3 is 2.18 bits per heavy atom. The Morgan fingerprint density at radius 2 is 1.58 bits per heavy atom. The molecule has 0 saturated carbocycles. The zero-order valence-corrected chi connectivity index (χ0v) is 24.5. The lowest BCUT2D eigenvalue weighted by molar-refractivity contribution is -0.140. The van der Waals surface area contributed by atoms with Crippen LogP contribution in [-0.4, -0.2) is 41.2 Å². The predicted octanol–water partition coefficient (Wildman–Crippen LogP) is 6.79. The van der Waals surface area contributed by atoms with Gasteiger partial charge in [0.15, 0.2) is 0 Å². The number of carbonyl (C=O) groups is 2. The summed E-state index contributed by atoms with van der Waals surface area (Å²) in [5.41, 5.74) is 2.41. The summed E-state index contributed by atoms with van der Waals surface area (Å²) in [7, 11) is 1.63. The first-order valence-electron chi connectivity index (χ1n) is 12.4. The van der Waals surface area contributed by atoms with Crippen LogP contribution < -0.4 is 10.1 Å². The molecule has 0 heterocycles. The lowest BCUT2D eigenvalue weighted by Crippen LogP contribution is -2.54. The summed E-state index contributed by atoms with van der Waals surface area (Å²) in [5, 5.41) is 3.92. The topological polar surface area (TPSA) is 58.6 Å². The molecule has 5 nitrogen and oxygen atoms in total. The SMILES string of the molecule is COc1ccc(CSCC(=O)N(Cc2ccc(Cl)c(Cl)c2)[C@@H](Cc2ccccc2)C(=O)NC(C)(C)C)cc1. The Balaban J connectivity index is 1.87. The molecule has 0 aliphatic rings. The molecule has 0 aliphatic carbocycles. The van der Waals surface area contributed by atoms with Gasteiger partial charge in [-0.05, 0) is 61.7 Å². The van der Waals surface area contributed by atoms with Crippen LogP contribution in [0.1, 0.15) is 37.5 Å². The lowest BCUT2D eigenvalue weighted by Gasteiger charge is -2.34. The second kappa shape index (κ2) is 13.9. The Bertz CT molecular complexity index is 1210. The number of methoxy groups -OCH3 is 1. The second-order valence-electron chi connectivity index (χ2n) is 10.1. The van der Waals surface area contributed by atoms with Crippen molar-refractivity contribution in [1.29, 1.82) is 0 Å². The van der Waals surface area contributed by atoms with Crippen LogP contribution in [-0.2, 0) is 28.3 Å². The molecule has 0 aliphatic heterocycles. The number of hydrogen-bond donors (Lipinski definition) is 1. The highest BCUT2D eigenvalue weighted by Gasteiger charge is 2.32. The number of amides is 2. The molecule has 0 bridgehead atoms. The minimum Gasteiger partial charge on any atom is -0.497 e. The van der Waals surface area contributed by atoms with E-state index >= 15 is 0 Å². The normalized spacial score (nSPS) is 12.1. The van der Waals surface area contributed by atoms with E-state index in [4.69, 9.17) is 27.9 Å². The number of nitrogens with zero attached hydrogens (tertiary/aromatic N) is 1. The lowest BCUT2D eigenvalue weighted by atomic mass is 10.0. The quantitative estimate of drug-likeness (QED) is 0.275.